The number of hydrogen-bond acceptors (Lipinski definition) is 10. The maximum Gasteiger partial charge on any atom is 0.397 e. The molecule has 0 radical (unpaired) electrons. The number of nitrogens with one attached hydrogen (secondary N) is 3. The van der Waals surface area contributed by atoms with Gasteiger partial charge in [-0.25, -0.2) is 4.79 Å². The third-order valence-corrected chi connectivity index (χ3v) is 12.9. The Kier molecular flexibility index (Phi) is 44.1. The molecular weight excluding hydrogens is 1040 g/mol. The first kappa shape index (κ1) is 74.3. The number of nitrogens with two attached hydrogens (primary N) is 3. The molecule has 6 aromatic rings. The number of anilines is 6. The Balaban J connectivity index is 0.000000590. The van der Waals surface area contributed by atoms with Crippen LogP contribution in [0.5, 0.6) is 11.5 Å². The van der Waals surface area contributed by atoms with Crippen molar-refractivity contribution < 1.29 is 28.6 Å². The minimum Gasteiger partial charge on any atom is -0.494 e. The standard InChI is InChI=1S/C27H38N2O2.C22H35NO4.3C7H9N.C2H6/c1-3-4-5-6-7-8-9-10-11-15-22-31-26-20-18-25(19-21-26)28-23(2)27(30)29-24-16-13-12-14-17-24;1-3-5-6-7-8-9-10-11-12-13-18-27-20-16-14-19(15-17-20)23-21(24)22(25)26-4-2;1-6-2-4-7(8)5-3-6;1-6-3-2-4-7(8)5-6;1-6-4-2-3-5-7(6)8;1-2/h12-14,16-21,28H,2-11,15,22H2,1H3,(H,29,30);14-17H,3-13,18H2,1-2H3,(H,23,24);3*2-5H,8H2,1H3;1-2H3. The molecule has 84 heavy (non-hydrogen) atoms. The van der Waals surface area contributed by atoms with Crippen molar-refractivity contribution in [1.82, 2.24) is 0 Å². The predicted octanol–water partition coefficient (Wildman–Crippen LogP) is 18.8. The Hall–Kier alpha value is -7.73. The van der Waals surface area contributed by atoms with Crippen LogP contribution < -0.4 is 42.6 Å². The van der Waals surface area contributed by atoms with Crippen LogP contribution >= 0.6 is 0 Å². The molecule has 0 bridgehead atoms. The maximum absolute atomic E-state index is 12.2. The van der Waals surface area contributed by atoms with Crippen LogP contribution in [-0.2, 0) is 19.1 Å². The fourth-order valence-corrected chi connectivity index (χ4v) is 7.99. The van der Waals surface area contributed by atoms with Gasteiger partial charge in [0.05, 0.1) is 25.5 Å². The van der Waals surface area contributed by atoms with E-state index < -0.39 is 11.9 Å². The van der Waals surface area contributed by atoms with Crippen molar-refractivity contribution in [3.8, 4) is 11.5 Å². The highest BCUT2D eigenvalue weighted by Gasteiger charge is 2.14. The van der Waals surface area contributed by atoms with Gasteiger partial charge in [0.1, 0.15) is 11.5 Å². The number of carbonyl (C=O) groups excluding carboxylic acids is 3. The molecule has 0 aliphatic rings. The second-order valence-corrected chi connectivity index (χ2v) is 20.4. The summed E-state index contributed by atoms with van der Waals surface area (Å²) in [5.41, 5.74) is 24.9. The van der Waals surface area contributed by atoms with Crippen molar-refractivity contribution in [3.05, 3.63) is 181 Å². The fraction of sp³-hybridized carbons (Fsp3) is 0.431. The molecule has 2 amide bonds. The lowest BCUT2D eigenvalue weighted by Gasteiger charge is -2.11. The monoisotopic (exact) mass is 1150 g/mol. The van der Waals surface area contributed by atoms with Crippen molar-refractivity contribution in [2.75, 3.05) is 53.0 Å². The van der Waals surface area contributed by atoms with E-state index in [0.29, 0.717) is 18.0 Å². The van der Waals surface area contributed by atoms with E-state index in [2.05, 4.69) is 41.1 Å². The zero-order valence-electron chi connectivity index (χ0n) is 52.6. The molecule has 0 spiro atoms. The van der Waals surface area contributed by atoms with Gasteiger partial charge in [-0.15, -0.1) is 0 Å². The van der Waals surface area contributed by atoms with E-state index >= 15 is 0 Å². The van der Waals surface area contributed by atoms with Gasteiger partial charge in [-0.05, 0) is 143 Å². The molecule has 12 heteroatoms. The van der Waals surface area contributed by atoms with Crippen LogP contribution in [0.4, 0.5) is 34.1 Å². The van der Waals surface area contributed by atoms with Crippen molar-refractivity contribution in [1.29, 1.82) is 0 Å². The summed E-state index contributed by atoms with van der Waals surface area (Å²) in [5, 5.41) is 8.35. The van der Waals surface area contributed by atoms with E-state index in [-0.39, 0.29) is 12.5 Å². The van der Waals surface area contributed by atoms with Gasteiger partial charge in [-0.3, -0.25) is 9.59 Å². The van der Waals surface area contributed by atoms with Crippen LogP contribution in [0.25, 0.3) is 0 Å². The summed E-state index contributed by atoms with van der Waals surface area (Å²) in [7, 11) is 0. The van der Waals surface area contributed by atoms with Gasteiger partial charge < -0.3 is 47.4 Å². The Morgan fingerprint density at radius 1 is 0.417 bits per heavy atom. The summed E-state index contributed by atoms with van der Waals surface area (Å²) < 4.78 is 16.2. The fourth-order valence-electron chi connectivity index (χ4n) is 7.99. The zero-order valence-corrected chi connectivity index (χ0v) is 52.6. The van der Waals surface area contributed by atoms with Crippen molar-refractivity contribution in [2.45, 2.75) is 184 Å². The molecule has 0 atom stereocenters. The molecule has 0 aliphatic heterocycles. The molecule has 0 saturated heterocycles. The Bertz CT molecular complexity index is 2530. The smallest absolute Gasteiger partial charge is 0.397 e. The number of esters is 1. The number of para-hydroxylation sites is 2. The second-order valence-electron chi connectivity index (χ2n) is 20.4. The topological polar surface area (TPSA) is 193 Å². The number of unbranched alkanes of at least 4 members (excludes halogenated alkanes) is 18. The minimum absolute atomic E-state index is 0.179. The number of benzene rings is 6. The van der Waals surface area contributed by atoms with Crippen LogP contribution in [0.15, 0.2) is 164 Å². The third kappa shape index (κ3) is 39.7. The predicted molar refractivity (Wildman–Crippen MR) is 359 cm³/mol. The molecule has 6 aromatic carbocycles. The summed E-state index contributed by atoms with van der Waals surface area (Å²) in [4.78, 5) is 35.1. The minimum atomic E-state index is -0.876. The first-order valence-electron chi connectivity index (χ1n) is 31.0. The number of rotatable bonds is 30. The zero-order chi connectivity index (χ0) is 61.8. The number of aryl methyl sites for hydroxylation is 3. The molecule has 0 fully saturated rings. The lowest BCUT2D eigenvalue weighted by Crippen LogP contribution is -2.24. The highest BCUT2D eigenvalue weighted by atomic mass is 16.5. The van der Waals surface area contributed by atoms with Crippen LogP contribution in [-0.4, -0.2) is 37.6 Å². The largest absolute Gasteiger partial charge is 0.494 e. The van der Waals surface area contributed by atoms with E-state index in [1.54, 1.807) is 31.2 Å². The van der Waals surface area contributed by atoms with Crippen molar-refractivity contribution in [2.24, 2.45) is 0 Å². The Morgan fingerprint density at radius 3 is 1.23 bits per heavy atom. The molecule has 0 aromatic heterocycles. The first-order chi connectivity index (χ1) is 40.7. The van der Waals surface area contributed by atoms with Crippen LogP contribution in [0.2, 0.25) is 0 Å². The van der Waals surface area contributed by atoms with Crippen molar-refractivity contribution in [3.63, 3.8) is 0 Å². The highest BCUT2D eigenvalue weighted by molar-refractivity contribution is 6.37. The second kappa shape index (κ2) is 49.8. The van der Waals surface area contributed by atoms with Gasteiger partial charge in [-0.2, -0.15) is 0 Å². The van der Waals surface area contributed by atoms with Gasteiger partial charge in [0.25, 0.3) is 5.91 Å². The summed E-state index contributed by atoms with van der Waals surface area (Å²) in [5.74, 6) is -0.289. The van der Waals surface area contributed by atoms with E-state index in [1.165, 1.54) is 127 Å². The van der Waals surface area contributed by atoms with Gasteiger partial charge >= 0.3 is 11.9 Å². The molecule has 9 N–H and O–H groups in total. The summed E-state index contributed by atoms with van der Waals surface area (Å²) in [6, 6.07) is 47.4. The van der Waals surface area contributed by atoms with E-state index in [1.807, 2.05) is 162 Å². The van der Waals surface area contributed by atoms with Gasteiger partial charge in [0.15, 0.2) is 0 Å². The third-order valence-electron chi connectivity index (χ3n) is 12.9. The number of hydrogen-bond donors (Lipinski definition) is 6. The number of ether oxygens (including phenoxy) is 3. The SMILES string of the molecule is C=C(Nc1ccc(OCCCCCCCCCCCC)cc1)C(=O)Nc1ccccc1.CC.CCCCCCCCCCCCOc1ccc(NC(=O)C(=O)OCC)cc1.Cc1ccc(N)cc1.Cc1cccc(N)c1.Cc1ccccc1N. The summed E-state index contributed by atoms with van der Waals surface area (Å²) in [6.07, 6.45) is 26.2. The molecule has 0 saturated carbocycles. The highest BCUT2D eigenvalue weighted by Crippen LogP contribution is 2.20. The molecule has 12 nitrogen and oxygen atoms in total. The van der Waals surface area contributed by atoms with Crippen LogP contribution in [0.1, 0.15) is 180 Å². The van der Waals surface area contributed by atoms with E-state index in [9.17, 15) is 14.4 Å². The number of nitrogen functional groups attached to an aromatic ring is 3. The average molecular weight is 1150 g/mol. The summed E-state index contributed by atoms with van der Waals surface area (Å²) >= 11 is 0. The molecule has 0 aliphatic carbocycles. The maximum atomic E-state index is 12.2. The number of carbonyl (C=O) groups is 3. The van der Waals surface area contributed by atoms with Crippen molar-refractivity contribution >= 4 is 51.9 Å². The Morgan fingerprint density at radius 2 is 0.833 bits per heavy atom. The van der Waals surface area contributed by atoms with Gasteiger partial charge in [-0.1, -0.05) is 216 Å². The lowest BCUT2D eigenvalue weighted by atomic mass is 10.1. The summed E-state index contributed by atoms with van der Waals surface area (Å²) in [6.45, 7) is 21.7. The van der Waals surface area contributed by atoms with E-state index in [0.717, 1.165) is 64.9 Å². The van der Waals surface area contributed by atoms with E-state index in [4.69, 9.17) is 26.7 Å². The molecule has 6 rings (SSSR count). The molecular formula is C72H106N6O6. The molecule has 0 unspecified atom stereocenters. The number of amides is 2. The van der Waals surface area contributed by atoms with Gasteiger partial charge in [0.2, 0.25) is 0 Å². The normalized spacial score (nSPS) is 9.90. The lowest BCUT2D eigenvalue weighted by molar-refractivity contribution is -0.152. The average Bonchev–Trinajstić information content (AvgIpc) is 3.52. The van der Waals surface area contributed by atoms with Crippen LogP contribution in [0.3, 0.4) is 0 Å². The van der Waals surface area contributed by atoms with Gasteiger partial charge in [0, 0.05) is 34.1 Å². The molecule has 0 heterocycles. The van der Waals surface area contributed by atoms with Crippen LogP contribution in [0, 0.1) is 20.8 Å². The quantitative estimate of drug-likeness (QED) is 0.00831. The molecule has 460 valence electrons. The Labute approximate surface area is 507 Å². The first-order valence-corrected chi connectivity index (χ1v) is 31.0.